The molecular formula is C19H17N5O2. The Balaban J connectivity index is 1.81. The van der Waals surface area contributed by atoms with Crippen LogP contribution in [0.25, 0.3) is 22.3 Å². The van der Waals surface area contributed by atoms with Crippen molar-refractivity contribution in [3.8, 4) is 17.0 Å². The van der Waals surface area contributed by atoms with Crippen molar-refractivity contribution in [3.05, 3.63) is 64.5 Å². The average molecular weight is 347 g/mol. The largest absolute Gasteiger partial charge is 0.488 e. The summed E-state index contributed by atoms with van der Waals surface area (Å²) in [7, 11) is 1.91. The molecule has 1 aliphatic heterocycles. The predicted octanol–water partition coefficient (Wildman–Crippen LogP) is 2.42. The first-order valence-corrected chi connectivity index (χ1v) is 8.45. The standard InChI is InChI=1S/C19H17N5O2/c1-11-9-21-23(2)16(11)12-6-7-14-17-18(12)26-10-15(24(17)19(25)22-14)13-5-3-4-8-20-13/h3-9,15H,10H2,1-2H3,(H,22,25). The number of imidazole rings is 1. The maximum Gasteiger partial charge on any atom is 0.327 e. The van der Waals surface area contributed by atoms with E-state index in [-0.39, 0.29) is 11.7 Å². The summed E-state index contributed by atoms with van der Waals surface area (Å²) in [6.45, 7) is 2.37. The lowest BCUT2D eigenvalue weighted by Crippen LogP contribution is -2.31. The number of pyridine rings is 1. The van der Waals surface area contributed by atoms with E-state index in [0.717, 1.165) is 33.5 Å². The van der Waals surface area contributed by atoms with E-state index in [9.17, 15) is 4.79 Å². The van der Waals surface area contributed by atoms with Gasteiger partial charge in [-0.3, -0.25) is 14.2 Å². The fourth-order valence-corrected chi connectivity index (χ4v) is 3.78. The molecule has 0 bridgehead atoms. The summed E-state index contributed by atoms with van der Waals surface area (Å²) in [5, 5.41) is 4.33. The van der Waals surface area contributed by atoms with Crippen molar-refractivity contribution < 1.29 is 4.74 Å². The normalized spacial score (nSPS) is 16.0. The first-order chi connectivity index (χ1) is 12.6. The molecule has 1 atom stereocenters. The minimum absolute atomic E-state index is 0.154. The van der Waals surface area contributed by atoms with Crippen LogP contribution in [-0.2, 0) is 7.05 Å². The summed E-state index contributed by atoms with van der Waals surface area (Å²) in [6.07, 6.45) is 3.56. The number of hydrogen-bond acceptors (Lipinski definition) is 4. The Labute approximate surface area is 148 Å². The molecule has 1 aliphatic rings. The summed E-state index contributed by atoms with van der Waals surface area (Å²) < 4.78 is 9.77. The molecule has 0 aliphatic carbocycles. The lowest BCUT2D eigenvalue weighted by atomic mass is 10.0. The third kappa shape index (κ3) is 1.97. The zero-order valence-corrected chi connectivity index (χ0v) is 14.4. The van der Waals surface area contributed by atoms with Crippen molar-refractivity contribution in [3.63, 3.8) is 0 Å². The van der Waals surface area contributed by atoms with Gasteiger partial charge >= 0.3 is 5.69 Å². The molecule has 4 heterocycles. The number of benzene rings is 1. The number of aromatic amines is 1. The number of aryl methyl sites for hydroxylation is 2. The van der Waals surface area contributed by atoms with Crippen molar-refractivity contribution in [2.75, 3.05) is 6.61 Å². The highest BCUT2D eigenvalue weighted by molar-refractivity contribution is 5.91. The Kier molecular flexibility index (Phi) is 3.06. The molecule has 3 aromatic heterocycles. The van der Waals surface area contributed by atoms with Gasteiger partial charge in [0.2, 0.25) is 0 Å². The van der Waals surface area contributed by atoms with Gasteiger partial charge < -0.3 is 9.72 Å². The van der Waals surface area contributed by atoms with Crippen molar-refractivity contribution in [1.29, 1.82) is 0 Å². The molecule has 1 aromatic carbocycles. The Morgan fingerprint density at radius 1 is 1.27 bits per heavy atom. The number of hydrogen-bond donors (Lipinski definition) is 1. The molecule has 0 radical (unpaired) electrons. The third-order valence-electron chi connectivity index (χ3n) is 4.94. The van der Waals surface area contributed by atoms with Crippen molar-refractivity contribution in [2.24, 2.45) is 7.05 Å². The van der Waals surface area contributed by atoms with Crippen LogP contribution in [0, 0.1) is 6.92 Å². The predicted molar refractivity (Wildman–Crippen MR) is 97.4 cm³/mol. The number of rotatable bonds is 2. The Morgan fingerprint density at radius 2 is 2.15 bits per heavy atom. The third-order valence-corrected chi connectivity index (χ3v) is 4.94. The molecule has 0 spiro atoms. The summed E-state index contributed by atoms with van der Waals surface area (Å²) >= 11 is 0. The first kappa shape index (κ1) is 14.9. The molecule has 0 saturated heterocycles. The fourth-order valence-electron chi connectivity index (χ4n) is 3.78. The highest BCUT2D eigenvalue weighted by atomic mass is 16.5. The van der Waals surface area contributed by atoms with Crippen LogP contribution in [0.2, 0.25) is 0 Å². The van der Waals surface area contributed by atoms with Crippen molar-refractivity contribution in [1.82, 2.24) is 24.3 Å². The Hall–Kier alpha value is -3.35. The van der Waals surface area contributed by atoms with Crippen molar-refractivity contribution in [2.45, 2.75) is 13.0 Å². The van der Waals surface area contributed by atoms with Crippen LogP contribution in [0.3, 0.4) is 0 Å². The molecule has 1 unspecified atom stereocenters. The van der Waals surface area contributed by atoms with Crippen LogP contribution >= 0.6 is 0 Å². The molecule has 4 aromatic rings. The molecule has 1 N–H and O–H groups in total. The number of nitrogens with one attached hydrogen (secondary N) is 1. The molecule has 130 valence electrons. The summed E-state index contributed by atoms with van der Waals surface area (Å²) in [5.41, 5.74) is 5.16. The smallest absolute Gasteiger partial charge is 0.327 e. The van der Waals surface area contributed by atoms with E-state index in [1.165, 1.54) is 0 Å². The zero-order chi connectivity index (χ0) is 17.8. The summed E-state index contributed by atoms with van der Waals surface area (Å²) in [4.78, 5) is 20.0. The maximum atomic E-state index is 12.7. The zero-order valence-electron chi connectivity index (χ0n) is 14.4. The highest BCUT2D eigenvalue weighted by Gasteiger charge is 2.30. The number of ether oxygens (including phenoxy) is 1. The molecule has 0 amide bonds. The van der Waals surface area contributed by atoms with E-state index in [1.54, 1.807) is 10.8 Å². The van der Waals surface area contributed by atoms with Crippen molar-refractivity contribution >= 4 is 11.0 Å². The van der Waals surface area contributed by atoms with E-state index >= 15 is 0 Å². The summed E-state index contributed by atoms with van der Waals surface area (Å²) in [5.74, 6) is 0.708. The fraction of sp³-hybridized carbons (Fsp3) is 0.211. The van der Waals surface area contributed by atoms with E-state index in [1.807, 2.05) is 55.2 Å². The minimum Gasteiger partial charge on any atom is -0.488 e. The Bertz CT molecular complexity index is 1170. The second-order valence-corrected chi connectivity index (χ2v) is 6.52. The van der Waals surface area contributed by atoms with Gasteiger partial charge in [0.25, 0.3) is 0 Å². The van der Waals surface area contributed by atoms with Gasteiger partial charge in [-0.1, -0.05) is 6.07 Å². The second-order valence-electron chi connectivity index (χ2n) is 6.52. The minimum atomic E-state index is -0.257. The lowest BCUT2D eigenvalue weighted by Gasteiger charge is -2.26. The first-order valence-electron chi connectivity index (χ1n) is 8.45. The maximum absolute atomic E-state index is 12.7. The SMILES string of the molecule is Cc1cnn(C)c1-c1ccc2[nH]c(=O)n3c2c1OCC3c1ccccn1. The molecule has 0 saturated carbocycles. The van der Waals surface area contributed by atoms with Crippen LogP contribution in [0.15, 0.2) is 47.5 Å². The van der Waals surface area contributed by atoms with Gasteiger partial charge in [0.1, 0.15) is 18.2 Å². The molecule has 7 heteroatoms. The average Bonchev–Trinajstić information content (AvgIpc) is 3.17. The van der Waals surface area contributed by atoms with Gasteiger partial charge in [-0.2, -0.15) is 5.10 Å². The molecular weight excluding hydrogens is 330 g/mol. The number of H-pyrrole nitrogens is 1. The Morgan fingerprint density at radius 3 is 2.88 bits per heavy atom. The van der Waals surface area contributed by atoms with Gasteiger partial charge in [0, 0.05) is 18.8 Å². The van der Waals surface area contributed by atoms with Crippen LogP contribution in [0.5, 0.6) is 5.75 Å². The number of nitrogens with zero attached hydrogens (tertiary/aromatic N) is 4. The van der Waals surface area contributed by atoms with Gasteiger partial charge in [-0.25, -0.2) is 4.79 Å². The van der Waals surface area contributed by atoms with Crippen LogP contribution in [0.4, 0.5) is 0 Å². The van der Waals surface area contributed by atoms with Crippen LogP contribution in [-0.4, -0.2) is 30.9 Å². The van der Waals surface area contributed by atoms with E-state index in [2.05, 4.69) is 15.1 Å². The molecule has 26 heavy (non-hydrogen) atoms. The monoisotopic (exact) mass is 347 g/mol. The molecule has 7 nitrogen and oxygen atoms in total. The van der Waals surface area contributed by atoms with E-state index in [4.69, 9.17) is 4.74 Å². The topological polar surface area (TPSA) is 77.7 Å². The molecule has 5 rings (SSSR count). The second kappa shape index (κ2) is 5.32. The molecule has 0 fully saturated rings. The van der Waals surface area contributed by atoms with E-state index < -0.39 is 0 Å². The van der Waals surface area contributed by atoms with Gasteiger partial charge in [0.05, 0.1) is 23.1 Å². The van der Waals surface area contributed by atoms with Gasteiger partial charge in [0.15, 0.2) is 5.75 Å². The highest BCUT2D eigenvalue weighted by Crippen LogP contribution is 2.41. The van der Waals surface area contributed by atoms with Crippen LogP contribution in [0.1, 0.15) is 17.3 Å². The quantitative estimate of drug-likeness (QED) is 0.604. The van der Waals surface area contributed by atoms with Gasteiger partial charge in [-0.05, 0) is 36.8 Å². The van der Waals surface area contributed by atoms with Gasteiger partial charge in [-0.15, -0.1) is 0 Å². The number of aromatic nitrogens is 5. The van der Waals surface area contributed by atoms with Crippen LogP contribution < -0.4 is 10.4 Å². The van der Waals surface area contributed by atoms with E-state index in [0.29, 0.717) is 12.4 Å². The lowest BCUT2D eigenvalue weighted by molar-refractivity contribution is 0.254. The summed E-state index contributed by atoms with van der Waals surface area (Å²) in [6, 6.07) is 9.33.